The van der Waals surface area contributed by atoms with Crippen LogP contribution in [-0.2, 0) is 12.8 Å². The first-order valence-electron chi connectivity index (χ1n) is 8.45. The van der Waals surface area contributed by atoms with E-state index in [1.165, 1.54) is 30.7 Å². The molecule has 0 atom stereocenters. The van der Waals surface area contributed by atoms with Gasteiger partial charge >= 0.3 is 0 Å². The Labute approximate surface area is 145 Å². The molecule has 126 valence electrons. The van der Waals surface area contributed by atoms with E-state index in [1.54, 1.807) is 12.1 Å². The minimum Gasteiger partial charge on any atom is -0.322 e. The van der Waals surface area contributed by atoms with Gasteiger partial charge in [-0.05, 0) is 61.1 Å². The number of nitrogens with zero attached hydrogens (tertiary/aromatic N) is 1. The van der Waals surface area contributed by atoms with Crippen molar-refractivity contribution in [2.75, 3.05) is 12.4 Å². The molecule has 2 aromatic rings. The Bertz CT molecular complexity index is 917. The maximum atomic E-state index is 12.6. The lowest BCUT2D eigenvalue weighted by atomic mass is 9.90. The Morgan fingerprint density at radius 2 is 1.76 bits per heavy atom. The van der Waals surface area contributed by atoms with Crippen LogP contribution in [0.25, 0.3) is 0 Å². The van der Waals surface area contributed by atoms with Crippen molar-refractivity contribution < 1.29 is 14.4 Å². The summed E-state index contributed by atoms with van der Waals surface area (Å²) in [5, 5.41) is 2.97. The van der Waals surface area contributed by atoms with E-state index in [0.717, 1.165) is 29.8 Å². The van der Waals surface area contributed by atoms with Crippen LogP contribution in [0.15, 0.2) is 36.4 Å². The van der Waals surface area contributed by atoms with Gasteiger partial charge in [-0.3, -0.25) is 19.3 Å². The number of carbonyl (C=O) groups is 3. The van der Waals surface area contributed by atoms with Crippen LogP contribution in [0, 0.1) is 0 Å². The van der Waals surface area contributed by atoms with Crippen LogP contribution < -0.4 is 5.32 Å². The molecule has 3 amide bonds. The highest BCUT2D eigenvalue weighted by Crippen LogP contribution is 2.29. The second-order valence-corrected chi connectivity index (χ2v) is 6.53. The van der Waals surface area contributed by atoms with Gasteiger partial charge in [-0.2, -0.15) is 0 Å². The maximum Gasteiger partial charge on any atom is 0.261 e. The lowest BCUT2D eigenvalue weighted by Crippen LogP contribution is -2.24. The zero-order valence-electron chi connectivity index (χ0n) is 14.0. The summed E-state index contributed by atoms with van der Waals surface area (Å²) in [5.41, 5.74) is 4.34. The molecule has 0 unspecified atom stereocenters. The minimum atomic E-state index is -0.369. The number of nitrogens with one attached hydrogen (secondary N) is 1. The standard InChI is InChI=1S/C20H18N2O3/c1-22-19(24)15-10-9-13(11-16(15)20(22)25)18(23)21-17-8-4-6-12-5-2-3-7-14(12)17/h4,6,8-11H,2-3,5,7H2,1H3,(H,21,23). The van der Waals surface area contributed by atoms with Crippen molar-refractivity contribution in [3.63, 3.8) is 0 Å². The molecular formula is C20H18N2O3. The van der Waals surface area contributed by atoms with E-state index in [2.05, 4.69) is 11.4 Å². The van der Waals surface area contributed by atoms with Crippen molar-refractivity contribution in [2.24, 2.45) is 0 Å². The molecule has 1 aliphatic carbocycles. The molecule has 25 heavy (non-hydrogen) atoms. The smallest absolute Gasteiger partial charge is 0.261 e. The summed E-state index contributed by atoms with van der Waals surface area (Å²) < 4.78 is 0. The van der Waals surface area contributed by atoms with E-state index in [1.807, 2.05) is 12.1 Å². The molecule has 0 radical (unpaired) electrons. The molecule has 0 aromatic heterocycles. The van der Waals surface area contributed by atoms with Crippen LogP contribution in [0.1, 0.15) is 55.0 Å². The molecule has 1 aliphatic heterocycles. The summed E-state index contributed by atoms with van der Waals surface area (Å²) in [6.07, 6.45) is 4.31. The van der Waals surface area contributed by atoms with Crippen molar-refractivity contribution >= 4 is 23.4 Å². The first-order chi connectivity index (χ1) is 12.1. The quantitative estimate of drug-likeness (QED) is 0.859. The SMILES string of the molecule is CN1C(=O)c2ccc(C(=O)Nc3cccc4c3CCCC4)cc2C1=O. The van der Waals surface area contributed by atoms with Gasteiger partial charge in [0.05, 0.1) is 11.1 Å². The third-order valence-corrected chi connectivity index (χ3v) is 5.00. The minimum absolute atomic E-state index is 0.267. The number of hydrogen-bond donors (Lipinski definition) is 1. The molecule has 5 nitrogen and oxygen atoms in total. The number of amides is 3. The first-order valence-corrected chi connectivity index (χ1v) is 8.45. The van der Waals surface area contributed by atoms with Crippen LogP contribution in [0.5, 0.6) is 0 Å². The summed E-state index contributed by atoms with van der Waals surface area (Å²) in [6, 6.07) is 10.6. The average molecular weight is 334 g/mol. The van der Waals surface area contributed by atoms with Crippen molar-refractivity contribution in [1.82, 2.24) is 4.90 Å². The molecule has 1 heterocycles. The van der Waals surface area contributed by atoms with Crippen molar-refractivity contribution in [3.8, 4) is 0 Å². The summed E-state index contributed by atoms with van der Waals surface area (Å²) in [5.74, 6) is -0.965. The van der Waals surface area contributed by atoms with Crippen LogP contribution in [0.2, 0.25) is 0 Å². The monoisotopic (exact) mass is 334 g/mol. The van der Waals surface area contributed by atoms with Gasteiger partial charge in [0.15, 0.2) is 0 Å². The largest absolute Gasteiger partial charge is 0.322 e. The van der Waals surface area contributed by atoms with Gasteiger partial charge in [0, 0.05) is 18.3 Å². The Kier molecular flexibility index (Phi) is 3.64. The van der Waals surface area contributed by atoms with Crippen molar-refractivity contribution in [1.29, 1.82) is 0 Å². The number of fused-ring (bicyclic) bond motifs is 2. The number of hydrogen-bond acceptors (Lipinski definition) is 3. The molecule has 1 N–H and O–H groups in total. The van der Waals surface area contributed by atoms with Gasteiger partial charge in [0.1, 0.15) is 0 Å². The van der Waals surface area contributed by atoms with E-state index < -0.39 is 0 Å². The third-order valence-electron chi connectivity index (χ3n) is 5.00. The summed E-state index contributed by atoms with van der Waals surface area (Å²) in [6.45, 7) is 0. The van der Waals surface area contributed by atoms with Crippen LogP contribution >= 0.6 is 0 Å². The highest BCUT2D eigenvalue weighted by Gasteiger charge is 2.33. The molecule has 0 saturated heterocycles. The topological polar surface area (TPSA) is 66.5 Å². The van der Waals surface area contributed by atoms with Gasteiger partial charge in [-0.15, -0.1) is 0 Å². The Hall–Kier alpha value is -2.95. The summed E-state index contributed by atoms with van der Waals surface area (Å²) in [7, 11) is 1.45. The number of benzene rings is 2. The highest BCUT2D eigenvalue weighted by molar-refractivity contribution is 6.22. The molecular weight excluding hydrogens is 316 g/mol. The molecule has 5 heteroatoms. The third kappa shape index (κ3) is 2.52. The highest BCUT2D eigenvalue weighted by atomic mass is 16.2. The molecule has 2 aliphatic rings. The Balaban J connectivity index is 1.63. The zero-order chi connectivity index (χ0) is 17.6. The molecule has 0 saturated carbocycles. The maximum absolute atomic E-state index is 12.6. The van der Waals surface area contributed by atoms with Gasteiger partial charge in [0.2, 0.25) is 0 Å². The number of rotatable bonds is 2. The van der Waals surface area contributed by atoms with Crippen molar-refractivity contribution in [2.45, 2.75) is 25.7 Å². The second kappa shape index (κ2) is 5.84. The summed E-state index contributed by atoms with van der Waals surface area (Å²) in [4.78, 5) is 37.8. The molecule has 2 aromatic carbocycles. The lowest BCUT2D eigenvalue weighted by Gasteiger charge is -2.19. The van der Waals surface area contributed by atoms with E-state index in [0.29, 0.717) is 11.1 Å². The number of carbonyl (C=O) groups excluding carboxylic acids is 3. The van der Waals surface area contributed by atoms with E-state index in [4.69, 9.17) is 0 Å². The van der Waals surface area contributed by atoms with Crippen LogP contribution in [0.3, 0.4) is 0 Å². The fourth-order valence-electron chi connectivity index (χ4n) is 3.60. The molecule has 0 bridgehead atoms. The van der Waals surface area contributed by atoms with Gasteiger partial charge in [0.25, 0.3) is 17.7 Å². The van der Waals surface area contributed by atoms with Crippen LogP contribution in [-0.4, -0.2) is 29.7 Å². The predicted molar refractivity (Wildman–Crippen MR) is 93.9 cm³/mol. The van der Waals surface area contributed by atoms with E-state index in [-0.39, 0.29) is 23.3 Å². The molecule has 0 spiro atoms. The normalized spacial score (nSPS) is 15.8. The van der Waals surface area contributed by atoms with Gasteiger partial charge in [-0.25, -0.2) is 0 Å². The number of anilines is 1. The molecule has 0 fully saturated rings. The molecule has 4 rings (SSSR count). The van der Waals surface area contributed by atoms with Gasteiger partial charge in [-0.1, -0.05) is 12.1 Å². The Morgan fingerprint density at radius 3 is 2.60 bits per heavy atom. The van der Waals surface area contributed by atoms with Crippen molar-refractivity contribution in [3.05, 3.63) is 64.2 Å². The number of aryl methyl sites for hydroxylation is 1. The zero-order valence-corrected chi connectivity index (χ0v) is 14.0. The van der Waals surface area contributed by atoms with E-state index in [9.17, 15) is 14.4 Å². The fraction of sp³-hybridized carbons (Fsp3) is 0.250. The Morgan fingerprint density at radius 1 is 1.00 bits per heavy atom. The van der Waals surface area contributed by atoms with E-state index >= 15 is 0 Å². The number of imide groups is 1. The van der Waals surface area contributed by atoms with Gasteiger partial charge < -0.3 is 5.32 Å². The predicted octanol–water partition coefficient (Wildman–Crippen LogP) is 3.04. The second-order valence-electron chi connectivity index (χ2n) is 6.53. The van der Waals surface area contributed by atoms with Crippen LogP contribution in [0.4, 0.5) is 5.69 Å². The average Bonchev–Trinajstić information content (AvgIpc) is 2.86. The first kappa shape index (κ1) is 15.6. The lowest BCUT2D eigenvalue weighted by molar-refractivity contribution is 0.0693. The summed E-state index contributed by atoms with van der Waals surface area (Å²) >= 11 is 0. The fourth-order valence-corrected chi connectivity index (χ4v) is 3.60.